The molecule has 252 valence electrons. The van der Waals surface area contributed by atoms with Crippen LogP contribution in [0.1, 0.15) is 51.4 Å². The van der Waals surface area contributed by atoms with E-state index < -0.39 is 50.6 Å². The summed E-state index contributed by atoms with van der Waals surface area (Å²) < 4.78 is 44.6. The summed E-state index contributed by atoms with van der Waals surface area (Å²) in [5.41, 5.74) is -0.104. The zero-order chi connectivity index (χ0) is 33.3. The van der Waals surface area contributed by atoms with Gasteiger partial charge < -0.3 is 24.4 Å². The van der Waals surface area contributed by atoms with Gasteiger partial charge in [0.05, 0.1) is 37.0 Å². The first-order chi connectivity index (χ1) is 22.5. The van der Waals surface area contributed by atoms with Crippen molar-refractivity contribution in [3.8, 4) is 28.9 Å². The van der Waals surface area contributed by atoms with Crippen LogP contribution in [0.25, 0.3) is 11.3 Å². The summed E-state index contributed by atoms with van der Waals surface area (Å²) in [5.74, 6) is -2.39. The van der Waals surface area contributed by atoms with Crippen molar-refractivity contribution in [1.29, 1.82) is 0 Å². The van der Waals surface area contributed by atoms with Gasteiger partial charge in [0.1, 0.15) is 17.4 Å². The van der Waals surface area contributed by atoms with Gasteiger partial charge >= 0.3 is 6.01 Å². The van der Waals surface area contributed by atoms with Gasteiger partial charge in [0.15, 0.2) is 0 Å². The molecule has 2 aromatic rings. The van der Waals surface area contributed by atoms with E-state index in [9.17, 15) is 22.8 Å². The number of methoxy groups -OCH3 is 2. The summed E-state index contributed by atoms with van der Waals surface area (Å²) in [5, 5.41) is 2.32. The molecule has 0 bridgehead atoms. The van der Waals surface area contributed by atoms with Crippen molar-refractivity contribution in [2.75, 3.05) is 27.8 Å². The van der Waals surface area contributed by atoms with Crippen molar-refractivity contribution in [1.82, 2.24) is 24.9 Å². The minimum atomic E-state index is -3.82. The predicted octanol–water partition coefficient (Wildman–Crippen LogP) is 2.62. The van der Waals surface area contributed by atoms with Gasteiger partial charge in [0.2, 0.25) is 27.7 Å². The molecule has 3 saturated carbocycles. The number of hydrogen-bond donors (Lipinski definition) is 2. The van der Waals surface area contributed by atoms with E-state index in [1.807, 2.05) is 36.4 Å². The summed E-state index contributed by atoms with van der Waals surface area (Å²) in [6.45, 7) is 0.546. The van der Waals surface area contributed by atoms with Gasteiger partial charge in [-0.1, -0.05) is 24.3 Å². The fraction of sp³-hybridized carbons (Fsp3) is 0.545. The third-order valence-corrected chi connectivity index (χ3v) is 11.3. The minimum absolute atomic E-state index is 0.0902. The lowest BCUT2D eigenvalue weighted by atomic mass is 9.93. The van der Waals surface area contributed by atoms with Crippen LogP contribution in [0.3, 0.4) is 0 Å². The third kappa shape index (κ3) is 7.07. The number of nitrogens with one attached hydrogen (secondary N) is 2. The number of hydrogen-bond acceptors (Lipinski definition) is 10. The van der Waals surface area contributed by atoms with Crippen molar-refractivity contribution >= 4 is 27.7 Å². The Morgan fingerprint density at radius 2 is 1.85 bits per heavy atom. The SMILES string of the molecule is COc1cccc(-c2cc(OC3CC4C(=O)NC5(C(=O)NS(=O)(=O)C6CC6)CC5C=CCCCCN(C)C(=O)C4C3)nc(OC)n2)c1. The summed E-state index contributed by atoms with van der Waals surface area (Å²) >= 11 is 0. The number of fused-ring (bicyclic) bond motifs is 2. The van der Waals surface area contributed by atoms with Crippen LogP contribution in [0.5, 0.6) is 17.6 Å². The first kappa shape index (κ1) is 32.7. The molecule has 4 aliphatic rings. The van der Waals surface area contributed by atoms with Crippen molar-refractivity contribution in [2.24, 2.45) is 17.8 Å². The van der Waals surface area contributed by atoms with Gasteiger partial charge in [-0.2, -0.15) is 9.97 Å². The molecule has 47 heavy (non-hydrogen) atoms. The number of aromatic nitrogens is 2. The highest BCUT2D eigenvalue weighted by molar-refractivity contribution is 7.91. The van der Waals surface area contributed by atoms with E-state index >= 15 is 0 Å². The Balaban J connectivity index is 1.26. The fourth-order valence-electron chi connectivity index (χ4n) is 6.55. The average Bonchev–Trinajstić information content (AvgIpc) is 3.99. The van der Waals surface area contributed by atoms with Gasteiger partial charge in [0.25, 0.3) is 5.91 Å². The highest BCUT2D eigenvalue weighted by Crippen LogP contribution is 2.47. The number of sulfonamides is 1. The van der Waals surface area contributed by atoms with Crippen LogP contribution in [-0.2, 0) is 24.4 Å². The van der Waals surface area contributed by atoms with Crippen LogP contribution in [0.2, 0.25) is 0 Å². The average molecular weight is 668 g/mol. The highest BCUT2D eigenvalue weighted by Gasteiger charge is 2.62. The molecule has 3 aliphatic carbocycles. The summed E-state index contributed by atoms with van der Waals surface area (Å²) in [6.07, 6.45) is 7.39. The maximum Gasteiger partial charge on any atom is 0.320 e. The highest BCUT2D eigenvalue weighted by atomic mass is 32.2. The molecule has 1 aliphatic heterocycles. The molecule has 3 amide bonds. The van der Waals surface area contributed by atoms with Gasteiger partial charge in [-0.15, -0.1) is 0 Å². The largest absolute Gasteiger partial charge is 0.497 e. The molecule has 13 nitrogen and oxygen atoms in total. The third-order valence-electron chi connectivity index (χ3n) is 9.51. The smallest absolute Gasteiger partial charge is 0.320 e. The Morgan fingerprint density at radius 1 is 1.06 bits per heavy atom. The quantitative estimate of drug-likeness (QED) is 0.400. The number of rotatable bonds is 8. The number of carbonyl (C=O) groups excluding carboxylic acids is 3. The fourth-order valence-corrected chi connectivity index (χ4v) is 7.91. The predicted molar refractivity (Wildman–Crippen MR) is 171 cm³/mol. The van der Waals surface area contributed by atoms with Gasteiger partial charge in [-0.25, -0.2) is 8.42 Å². The second kappa shape index (κ2) is 13.1. The van der Waals surface area contributed by atoms with Crippen molar-refractivity contribution < 1.29 is 37.0 Å². The monoisotopic (exact) mass is 667 g/mol. The van der Waals surface area contributed by atoms with E-state index in [0.29, 0.717) is 30.8 Å². The van der Waals surface area contributed by atoms with Crippen LogP contribution in [0.15, 0.2) is 42.5 Å². The van der Waals surface area contributed by atoms with E-state index in [1.54, 1.807) is 25.1 Å². The van der Waals surface area contributed by atoms with E-state index in [0.717, 1.165) is 24.8 Å². The van der Waals surface area contributed by atoms with Crippen LogP contribution in [0, 0.1) is 17.8 Å². The molecule has 5 atom stereocenters. The molecule has 1 aromatic heterocycles. The van der Waals surface area contributed by atoms with Gasteiger partial charge in [0, 0.05) is 31.1 Å². The molecule has 0 saturated heterocycles. The van der Waals surface area contributed by atoms with Crippen LogP contribution >= 0.6 is 0 Å². The summed E-state index contributed by atoms with van der Waals surface area (Å²) in [4.78, 5) is 51.8. The van der Waals surface area contributed by atoms with Crippen molar-refractivity contribution in [2.45, 2.75) is 68.3 Å². The number of allylic oxidation sites excluding steroid dienone is 1. The van der Waals surface area contributed by atoms with E-state index in [-0.39, 0.29) is 43.0 Å². The topological polar surface area (TPSA) is 166 Å². The van der Waals surface area contributed by atoms with Gasteiger partial charge in [-0.05, 0) is 63.5 Å². The van der Waals surface area contributed by atoms with Gasteiger partial charge in [-0.3, -0.25) is 19.1 Å². The van der Waals surface area contributed by atoms with E-state index in [1.165, 1.54) is 7.11 Å². The molecule has 5 unspecified atom stereocenters. The van der Waals surface area contributed by atoms with E-state index in [4.69, 9.17) is 14.2 Å². The Bertz CT molecular complexity index is 1680. The zero-order valence-electron chi connectivity index (χ0n) is 26.8. The second-order valence-corrected chi connectivity index (χ2v) is 14.8. The van der Waals surface area contributed by atoms with Crippen LogP contribution in [0.4, 0.5) is 0 Å². The molecule has 0 radical (unpaired) electrons. The minimum Gasteiger partial charge on any atom is -0.497 e. The molecule has 6 rings (SSSR count). The normalized spacial score (nSPS) is 27.9. The zero-order valence-corrected chi connectivity index (χ0v) is 27.6. The van der Waals surface area contributed by atoms with Crippen molar-refractivity contribution in [3.63, 3.8) is 0 Å². The molecule has 0 spiro atoms. The number of benzene rings is 1. The molecule has 1 aromatic carbocycles. The Labute approximate surface area is 274 Å². The van der Waals surface area contributed by atoms with Crippen LogP contribution in [-0.4, -0.2) is 85.7 Å². The summed E-state index contributed by atoms with van der Waals surface area (Å²) in [6, 6.07) is 9.11. The number of ether oxygens (including phenoxy) is 3. The number of carbonyl (C=O) groups is 3. The number of nitrogens with zero attached hydrogens (tertiary/aromatic N) is 3. The van der Waals surface area contributed by atoms with E-state index in [2.05, 4.69) is 20.0 Å². The molecular formula is C33H41N5O8S. The molecule has 2 N–H and O–H groups in total. The lowest BCUT2D eigenvalue weighted by molar-refractivity contribution is -0.140. The maximum absolute atomic E-state index is 14.0. The Kier molecular flexibility index (Phi) is 9.14. The lowest BCUT2D eigenvalue weighted by Crippen LogP contribution is -2.54. The van der Waals surface area contributed by atoms with Crippen LogP contribution < -0.4 is 24.2 Å². The Hall–Kier alpha value is -4.20. The molecule has 14 heteroatoms. The van der Waals surface area contributed by atoms with Crippen molar-refractivity contribution in [3.05, 3.63) is 42.5 Å². The molecule has 2 heterocycles. The Morgan fingerprint density at radius 3 is 2.60 bits per heavy atom. The first-order valence-corrected chi connectivity index (χ1v) is 17.6. The molecule has 3 fully saturated rings. The molecular weight excluding hydrogens is 626 g/mol. The second-order valence-electron chi connectivity index (χ2n) is 12.9. The first-order valence-electron chi connectivity index (χ1n) is 16.1. The lowest BCUT2D eigenvalue weighted by Gasteiger charge is -2.26. The standard InChI is InChI=1S/C33H41N5O8S/c1-38-14-7-5-4-6-10-21-19-33(21,31(41)37-47(42,43)24-12-13-24)36-29(39)25-16-23(17-26(25)30(38)40)46-28-18-27(34-32(35-28)45-3)20-9-8-11-22(15-20)44-2/h6,8-11,15,18,21,23-26H,4-5,7,12-14,16-17,19H2,1-3H3,(H,36,39)(H,37,41). The number of amides is 3. The maximum atomic E-state index is 14.0. The summed E-state index contributed by atoms with van der Waals surface area (Å²) in [7, 11) is 0.943.